The van der Waals surface area contributed by atoms with Crippen molar-refractivity contribution in [1.29, 1.82) is 0 Å². The number of fused-ring (bicyclic) bond motifs is 1. The number of carbonyl (C=O) groups is 1. The molecule has 46 heavy (non-hydrogen) atoms. The summed E-state index contributed by atoms with van der Waals surface area (Å²) in [6.07, 6.45) is -5.22. The molecule has 0 saturated carbocycles. The number of hydrogen-bond donors (Lipinski definition) is 7. The Balaban J connectivity index is 1.18. The minimum Gasteiger partial charge on any atom is -0.389 e. The zero-order valence-electron chi connectivity index (χ0n) is 23.1. The van der Waals surface area contributed by atoms with Crippen LogP contribution in [0.1, 0.15) is 22.8 Å². The van der Waals surface area contributed by atoms with Gasteiger partial charge in [0.1, 0.15) is 47.9 Å². The molecule has 0 bridgehead atoms. The van der Waals surface area contributed by atoms with Crippen LogP contribution in [0.15, 0.2) is 42.3 Å². The molecule has 0 aliphatic carbocycles. The van der Waals surface area contributed by atoms with Crippen molar-refractivity contribution in [3.05, 3.63) is 53.2 Å². The molecule has 5 heterocycles. The van der Waals surface area contributed by atoms with Gasteiger partial charge in [0.2, 0.25) is 0 Å². The number of phosphoric ester groups is 2. The van der Waals surface area contributed by atoms with E-state index in [0.29, 0.717) is 0 Å². The quantitative estimate of drug-likeness (QED) is 0.0366. The third kappa shape index (κ3) is 7.01. The van der Waals surface area contributed by atoms with Crippen LogP contribution in [0.5, 0.6) is 0 Å². The Morgan fingerprint density at radius 3 is 2.41 bits per heavy atom. The maximum atomic E-state index is 12.5. The Morgan fingerprint density at radius 2 is 1.76 bits per heavy atom. The Bertz CT molecular complexity index is 1760. The maximum absolute atomic E-state index is 12.5. The molecule has 3 aromatic heterocycles. The van der Waals surface area contributed by atoms with Crippen LogP contribution in [0, 0.1) is 0 Å². The maximum Gasteiger partial charge on any atom is 0.481 e. The molecule has 2 aliphatic rings. The molecule has 9 N–H and O–H groups in total. The number of nitrogen functional groups attached to an aromatic ring is 1. The van der Waals surface area contributed by atoms with Crippen LogP contribution >= 0.6 is 15.6 Å². The predicted octanol–water partition coefficient (Wildman–Crippen LogP) is -1.70. The summed E-state index contributed by atoms with van der Waals surface area (Å²) in [5, 5.41) is 35.1. The predicted molar refractivity (Wildman–Crippen MR) is 146 cm³/mol. The molecule has 248 valence electrons. The third-order valence-electron chi connectivity index (χ3n) is 6.93. The molecular formula is C21H27N10O13P2+. The molecule has 3 aromatic rings. The fourth-order valence-electron chi connectivity index (χ4n) is 4.76. The van der Waals surface area contributed by atoms with Gasteiger partial charge in [-0.3, -0.25) is 18.4 Å². The molecule has 25 heteroatoms. The van der Waals surface area contributed by atoms with Gasteiger partial charge < -0.3 is 46.0 Å². The topological polar surface area (TPSA) is 347 Å². The second-order valence-electron chi connectivity index (χ2n) is 9.89. The van der Waals surface area contributed by atoms with Gasteiger partial charge in [0.25, 0.3) is 12.1 Å². The van der Waals surface area contributed by atoms with E-state index in [2.05, 4.69) is 29.3 Å². The number of hydrogen-bond acceptors (Lipinski definition) is 16. The highest BCUT2D eigenvalue weighted by atomic mass is 31.3. The van der Waals surface area contributed by atoms with Crippen molar-refractivity contribution in [3.63, 3.8) is 0 Å². The number of imidazole rings is 1. The molecular weight excluding hydrogens is 662 g/mol. The van der Waals surface area contributed by atoms with Gasteiger partial charge in [-0.1, -0.05) is 5.11 Å². The van der Waals surface area contributed by atoms with Gasteiger partial charge in [-0.05, 0) is 11.6 Å². The molecule has 1 amide bonds. The molecule has 2 unspecified atom stereocenters. The normalized spacial score (nSPS) is 30.5. The van der Waals surface area contributed by atoms with Gasteiger partial charge in [-0.2, -0.15) is 8.88 Å². The van der Waals surface area contributed by atoms with E-state index in [4.69, 9.17) is 35.5 Å². The molecule has 2 aliphatic heterocycles. The van der Waals surface area contributed by atoms with Crippen LogP contribution in [0.3, 0.4) is 0 Å². The highest BCUT2D eigenvalue weighted by molar-refractivity contribution is 7.61. The smallest absolute Gasteiger partial charge is 0.389 e. The van der Waals surface area contributed by atoms with Crippen LogP contribution in [0.4, 0.5) is 5.82 Å². The van der Waals surface area contributed by atoms with E-state index in [1.54, 1.807) is 0 Å². The molecule has 0 aromatic carbocycles. The van der Waals surface area contributed by atoms with Gasteiger partial charge in [0.05, 0.1) is 19.5 Å². The first-order chi connectivity index (χ1) is 21.7. The number of aliphatic hydroxyl groups is 3. The number of nitrogens with zero attached hydrogens (tertiary/aromatic N) is 8. The van der Waals surface area contributed by atoms with Crippen LogP contribution < -0.4 is 16.0 Å². The average molecular weight is 689 g/mol. The van der Waals surface area contributed by atoms with E-state index in [9.17, 15) is 39.0 Å². The van der Waals surface area contributed by atoms with Crippen molar-refractivity contribution >= 4 is 38.5 Å². The van der Waals surface area contributed by atoms with Crippen LogP contribution in [-0.2, 0) is 32.0 Å². The fraction of sp³-hybridized carbons (Fsp3) is 0.476. The Kier molecular flexibility index (Phi) is 9.68. The Hall–Kier alpha value is -3.66. The standard InChI is InChI=1S/C21H26N10O13P2/c22-17-13-19(26-7-25-17)31(8-27-13)21-16(34)15(33)11(43-21)6-41-46(38,39)44-45(36,37)40-5-10-14(32)12(28-29-24)20(42-10)30-3-1-2-9(4-30)18(23)35/h1-4,7-8,10-12,14-16,20-21,32-34H,5-6H2,(H5-,22,23,25,26,35,36,37,38,39)/p+1/t10-,11-,12+,14-,15-,16-,20-,21-/m1/s1. The van der Waals surface area contributed by atoms with E-state index in [1.165, 1.54) is 40.0 Å². The lowest BCUT2D eigenvalue weighted by Crippen LogP contribution is -2.45. The van der Waals surface area contributed by atoms with E-state index in [1.807, 2.05) is 0 Å². The number of amides is 1. The molecule has 5 rings (SSSR count). The minimum atomic E-state index is -5.41. The summed E-state index contributed by atoms with van der Waals surface area (Å²) < 4.78 is 52.5. The second-order valence-corrected chi connectivity index (χ2v) is 12.9. The SMILES string of the molecule is [N-]=[N+]=N[C@H]1[C@H](O)[C@@H](COP(=O)(O)OP(=O)(O)OC[C@H]2O[C@@H](n3cnc4c(N)ncnc43)[C@H](O)[C@@H]2O)O[C@H]1[n+]1cccc(C(N)=O)c1. The van der Waals surface area contributed by atoms with Crippen molar-refractivity contribution < 1.29 is 66.4 Å². The third-order valence-corrected chi connectivity index (χ3v) is 9.53. The lowest BCUT2D eigenvalue weighted by atomic mass is 10.1. The summed E-state index contributed by atoms with van der Waals surface area (Å²) in [4.78, 5) is 46.2. The van der Waals surface area contributed by atoms with Crippen molar-refractivity contribution in [2.45, 2.75) is 49.0 Å². The first kappa shape index (κ1) is 33.7. The summed E-state index contributed by atoms with van der Waals surface area (Å²) in [7, 11) is -10.8. The lowest BCUT2D eigenvalue weighted by molar-refractivity contribution is -0.760. The number of phosphoric acid groups is 2. The fourth-order valence-corrected chi connectivity index (χ4v) is 6.85. The monoisotopic (exact) mass is 689 g/mol. The van der Waals surface area contributed by atoms with Gasteiger partial charge in [-0.25, -0.2) is 24.1 Å². The highest BCUT2D eigenvalue weighted by Gasteiger charge is 2.50. The summed E-state index contributed by atoms with van der Waals surface area (Å²) in [5.74, 6) is -0.733. The van der Waals surface area contributed by atoms with E-state index >= 15 is 0 Å². The molecule has 10 atom stereocenters. The molecule has 2 fully saturated rings. The van der Waals surface area contributed by atoms with Crippen LogP contribution in [-0.4, -0.2) is 100 Å². The van der Waals surface area contributed by atoms with Gasteiger partial charge in [-0.15, -0.1) is 0 Å². The first-order valence-electron chi connectivity index (χ1n) is 13.0. The Labute approximate surface area is 256 Å². The van der Waals surface area contributed by atoms with Gasteiger partial charge in [0.15, 0.2) is 36.1 Å². The van der Waals surface area contributed by atoms with E-state index in [0.717, 1.165) is 6.33 Å². The van der Waals surface area contributed by atoms with Crippen LogP contribution in [0.2, 0.25) is 0 Å². The number of rotatable bonds is 12. The van der Waals surface area contributed by atoms with Crippen molar-refractivity contribution in [3.8, 4) is 0 Å². The summed E-state index contributed by atoms with van der Waals surface area (Å²) >= 11 is 0. The number of carbonyl (C=O) groups excluding carboxylic acids is 1. The van der Waals surface area contributed by atoms with Crippen molar-refractivity contribution in [2.24, 2.45) is 10.8 Å². The number of aromatic nitrogens is 5. The van der Waals surface area contributed by atoms with E-state index in [-0.39, 0.29) is 22.5 Å². The first-order valence-corrected chi connectivity index (χ1v) is 16.0. The van der Waals surface area contributed by atoms with Crippen molar-refractivity contribution in [1.82, 2.24) is 19.5 Å². The number of nitrogens with two attached hydrogens (primary N) is 2. The molecule has 23 nitrogen and oxygen atoms in total. The highest BCUT2D eigenvalue weighted by Crippen LogP contribution is 2.60. The van der Waals surface area contributed by atoms with Crippen LogP contribution in [0.25, 0.3) is 21.6 Å². The van der Waals surface area contributed by atoms with E-state index < -0.39 is 83.8 Å². The van der Waals surface area contributed by atoms with Crippen molar-refractivity contribution in [2.75, 3.05) is 18.9 Å². The number of azide groups is 1. The average Bonchev–Trinajstić information content (AvgIpc) is 3.65. The summed E-state index contributed by atoms with van der Waals surface area (Å²) in [5.41, 5.74) is 20.4. The Morgan fingerprint density at radius 1 is 1.09 bits per heavy atom. The lowest BCUT2D eigenvalue weighted by Gasteiger charge is -2.20. The van der Waals surface area contributed by atoms with Gasteiger partial charge in [0, 0.05) is 11.0 Å². The minimum absolute atomic E-state index is 0.0453. The largest absolute Gasteiger partial charge is 0.481 e. The molecule has 0 radical (unpaired) electrons. The number of anilines is 1. The number of ether oxygens (including phenoxy) is 2. The number of pyridine rings is 1. The summed E-state index contributed by atoms with van der Waals surface area (Å²) in [6.45, 7) is -1.82. The zero-order chi connectivity index (χ0) is 33.4. The molecule has 0 spiro atoms. The van der Waals surface area contributed by atoms with Gasteiger partial charge >= 0.3 is 15.6 Å². The molecule has 2 saturated heterocycles. The number of primary amides is 1. The second kappa shape index (κ2) is 13.2. The number of aliphatic hydroxyl groups excluding tert-OH is 3. The zero-order valence-corrected chi connectivity index (χ0v) is 24.9. The summed E-state index contributed by atoms with van der Waals surface area (Å²) in [6, 6.07) is 1.53.